The molecule has 114 valence electrons. The largest absolute Gasteiger partial charge is 0.573 e. The van der Waals surface area contributed by atoms with Crippen molar-refractivity contribution in [1.82, 2.24) is 10.2 Å². The molecule has 0 spiro atoms. The van der Waals surface area contributed by atoms with Crippen LogP contribution in [-0.2, 0) is 0 Å². The predicted octanol–water partition coefficient (Wildman–Crippen LogP) is 2.45. The van der Waals surface area contributed by atoms with Crippen molar-refractivity contribution < 1.29 is 17.9 Å². The summed E-state index contributed by atoms with van der Waals surface area (Å²) in [5, 5.41) is 12.6. The average molecular weight is 299 g/mol. The lowest BCUT2D eigenvalue weighted by Gasteiger charge is -2.26. The molecule has 1 atom stereocenters. The Morgan fingerprint density at radius 2 is 2.00 bits per heavy atom. The van der Waals surface area contributed by atoms with Gasteiger partial charge in [-0.25, -0.2) is 0 Å². The highest BCUT2D eigenvalue weighted by Gasteiger charge is 2.34. The Bertz CT molecular complexity index is 505. The smallest absolute Gasteiger partial charge is 0.405 e. The van der Waals surface area contributed by atoms with Gasteiger partial charge >= 0.3 is 6.36 Å². The Balaban J connectivity index is 2.27. The number of nitriles is 1. The maximum atomic E-state index is 12.5. The number of alkyl halides is 3. The fourth-order valence-corrected chi connectivity index (χ4v) is 2.40. The number of hydrogen-bond acceptors (Lipinski definition) is 4. The van der Waals surface area contributed by atoms with Crippen molar-refractivity contribution in [2.75, 3.05) is 26.2 Å². The molecule has 1 aromatic carbocycles. The van der Waals surface area contributed by atoms with E-state index < -0.39 is 12.4 Å². The molecular weight excluding hydrogens is 283 g/mol. The molecule has 7 heteroatoms. The van der Waals surface area contributed by atoms with E-state index in [0.29, 0.717) is 19.6 Å². The lowest BCUT2D eigenvalue weighted by Crippen LogP contribution is -2.32. The van der Waals surface area contributed by atoms with Crippen molar-refractivity contribution in [2.45, 2.75) is 18.8 Å². The molecule has 1 heterocycles. The first-order valence-corrected chi connectivity index (χ1v) is 6.70. The summed E-state index contributed by atoms with van der Waals surface area (Å²) >= 11 is 0. The Morgan fingerprint density at radius 3 is 2.71 bits per heavy atom. The molecule has 0 bridgehead atoms. The van der Waals surface area contributed by atoms with Crippen LogP contribution >= 0.6 is 0 Å². The van der Waals surface area contributed by atoms with E-state index in [4.69, 9.17) is 0 Å². The number of nitrogens with one attached hydrogen (secondary N) is 1. The monoisotopic (exact) mass is 299 g/mol. The first-order valence-electron chi connectivity index (χ1n) is 6.70. The predicted molar refractivity (Wildman–Crippen MR) is 70.5 cm³/mol. The van der Waals surface area contributed by atoms with Crippen molar-refractivity contribution in [2.24, 2.45) is 0 Å². The summed E-state index contributed by atoms with van der Waals surface area (Å²) in [6.07, 6.45) is -3.92. The zero-order valence-electron chi connectivity index (χ0n) is 11.4. The van der Waals surface area contributed by atoms with Gasteiger partial charge < -0.3 is 10.1 Å². The normalized spacial score (nSPS) is 18.6. The van der Waals surface area contributed by atoms with Crippen LogP contribution in [0.3, 0.4) is 0 Å². The number of benzene rings is 1. The number of nitrogens with zero attached hydrogens (tertiary/aromatic N) is 2. The number of para-hydroxylation sites is 1. The summed E-state index contributed by atoms with van der Waals surface area (Å²) < 4.78 is 41.4. The van der Waals surface area contributed by atoms with Gasteiger partial charge in [-0.2, -0.15) is 5.26 Å². The van der Waals surface area contributed by atoms with E-state index in [2.05, 4.69) is 16.1 Å². The van der Waals surface area contributed by atoms with Gasteiger partial charge in [0.1, 0.15) is 11.8 Å². The van der Waals surface area contributed by atoms with Crippen LogP contribution in [0, 0.1) is 11.3 Å². The Hall–Kier alpha value is -1.78. The Labute approximate surface area is 121 Å². The molecule has 4 nitrogen and oxygen atoms in total. The fourth-order valence-electron chi connectivity index (χ4n) is 2.40. The van der Waals surface area contributed by atoms with Gasteiger partial charge in [0, 0.05) is 25.2 Å². The van der Waals surface area contributed by atoms with Gasteiger partial charge in [0.05, 0.1) is 6.07 Å². The fraction of sp³-hybridized carbons (Fsp3) is 0.500. The van der Waals surface area contributed by atoms with Crippen molar-refractivity contribution >= 4 is 0 Å². The molecule has 2 rings (SSSR count). The minimum atomic E-state index is -4.77. The van der Waals surface area contributed by atoms with Crippen molar-refractivity contribution in [3.05, 3.63) is 29.8 Å². The molecule has 1 aromatic rings. The van der Waals surface area contributed by atoms with Crippen LogP contribution in [0.25, 0.3) is 0 Å². The number of hydrogen-bond donors (Lipinski definition) is 1. The molecule has 21 heavy (non-hydrogen) atoms. The van der Waals surface area contributed by atoms with E-state index in [9.17, 15) is 18.4 Å². The average Bonchev–Trinajstić information content (AvgIpc) is 2.69. The number of halogens is 3. The second-order valence-corrected chi connectivity index (χ2v) is 4.76. The highest BCUT2D eigenvalue weighted by atomic mass is 19.4. The minimum absolute atomic E-state index is 0.249. The highest BCUT2D eigenvalue weighted by molar-refractivity contribution is 5.39. The third-order valence-corrected chi connectivity index (χ3v) is 3.30. The van der Waals surface area contributed by atoms with Crippen LogP contribution in [0.4, 0.5) is 13.2 Å². The number of rotatable bonds is 3. The molecule has 0 aromatic heterocycles. The van der Waals surface area contributed by atoms with E-state index in [0.717, 1.165) is 13.0 Å². The highest BCUT2D eigenvalue weighted by Crippen LogP contribution is 2.32. The standard InChI is InChI=1S/C14H16F3N3O/c15-14(16,17)21-13-5-2-1-4-11(13)12(10-18)20-8-3-6-19-7-9-20/h1-2,4-5,12,19H,3,6-9H2. The zero-order valence-corrected chi connectivity index (χ0v) is 11.4. The van der Waals surface area contributed by atoms with Crippen LogP contribution in [0.15, 0.2) is 24.3 Å². The SMILES string of the molecule is N#CC(c1ccccc1OC(F)(F)F)N1CCCNCC1. The van der Waals surface area contributed by atoms with Crippen molar-refractivity contribution in [3.63, 3.8) is 0 Å². The first kappa shape index (κ1) is 15.6. The summed E-state index contributed by atoms with van der Waals surface area (Å²) in [5.74, 6) is -0.311. The molecule has 1 aliphatic heterocycles. The Morgan fingerprint density at radius 1 is 1.24 bits per heavy atom. The molecule has 0 saturated carbocycles. The van der Waals surface area contributed by atoms with E-state index >= 15 is 0 Å². The molecule has 0 radical (unpaired) electrons. The molecule has 0 amide bonds. The van der Waals surface area contributed by atoms with Crippen molar-refractivity contribution in [1.29, 1.82) is 5.26 Å². The third-order valence-electron chi connectivity index (χ3n) is 3.30. The quantitative estimate of drug-likeness (QED) is 0.931. The van der Waals surface area contributed by atoms with Crippen LogP contribution in [0.2, 0.25) is 0 Å². The van der Waals surface area contributed by atoms with E-state index in [1.807, 2.05) is 4.90 Å². The van der Waals surface area contributed by atoms with Crippen molar-refractivity contribution in [3.8, 4) is 11.8 Å². The Kier molecular flexibility index (Phi) is 5.04. The minimum Gasteiger partial charge on any atom is -0.405 e. The summed E-state index contributed by atoms with van der Waals surface area (Å²) in [5.41, 5.74) is 0.249. The maximum absolute atomic E-state index is 12.5. The van der Waals surface area contributed by atoms with Gasteiger partial charge in [0.2, 0.25) is 0 Å². The van der Waals surface area contributed by atoms with Gasteiger partial charge in [0.25, 0.3) is 0 Å². The summed E-state index contributed by atoms with van der Waals surface area (Å²) in [7, 11) is 0. The molecule has 1 aliphatic rings. The summed E-state index contributed by atoms with van der Waals surface area (Å²) in [6, 6.07) is 7.16. The molecule has 0 aliphatic carbocycles. The van der Waals surface area contributed by atoms with Crippen LogP contribution in [-0.4, -0.2) is 37.4 Å². The van der Waals surface area contributed by atoms with Gasteiger partial charge in [0.15, 0.2) is 0 Å². The van der Waals surface area contributed by atoms with Gasteiger partial charge in [-0.15, -0.1) is 13.2 Å². The number of ether oxygens (including phenoxy) is 1. The van der Waals surface area contributed by atoms with Gasteiger partial charge in [-0.05, 0) is 19.0 Å². The zero-order chi connectivity index (χ0) is 15.3. The topological polar surface area (TPSA) is 48.3 Å². The first-order chi connectivity index (χ1) is 10.0. The van der Waals surface area contributed by atoms with Crippen LogP contribution < -0.4 is 10.1 Å². The maximum Gasteiger partial charge on any atom is 0.573 e. The second kappa shape index (κ2) is 6.78. The van der Waals surface area contributed by atoms with Crippen LogP contribution in [0.5, 0.6) is 5.75 Å². The third kappa shape index (κ3) is 4.34. The van der Waals surface area contributed by atoms with E-state index in [-0.39, 0.29) is 11.3 Å². The molecule has 1 fully saturated rings. The lowest BCUT2D eigenvalue weighted by molar-refractivity contribution is -0.275. The van der Waals surface area contributed by atoms with E-state index in [1.54, 1.807) is 6.07 Å². The summed E-state index contributed by atoms with van der Waals surface area (Å²) in [4.78, 5) is 1.87. The molecule has 1 unspecified atom stereocenters. The lowest BCUT2D eigenvalue weighted by atomic mass is 10.0. The van der Waals surface area contributed by atoms with Gasteiger partial charge in [-0.1, -0.05) is 18.2 Å². The second-order valence-electron chi connectivity index (χ2n) is 4.76. The molecular formula is C14H16F3N3O. The summed E-state index contributed by atoms with van der Waals surface area (Å²) in [6.45, 7) is 2.82. The van der Waals surface area contributed by atoms with E-state index in [1.165, 1.54) is 18.2 Å². The van der Waals surface area contributed by atoms with Gasteiger partial charge in [-0.3, -0.25) is 4.90 Å². The molecule has 1 N–H and O–H groups in total. The molecule has 1 saturated heterocycles. The van der Waals surface area contributed by atoms with Crippen LogP contribution in [0.1, 0.15) is 18.0 Å².